The van der Waals surface area contributed by atoms with E-state index in [0.717, 1.165) is 26.2 Å². The van der Waals surface area contributed by atoms with Crippen molar-refractivity contribution in [3.05, 3.63) is 88.4 Å². The highest BCUT2D eigenvalue weighted by Gasteiger charge is 2.33. The lowest BCUT2D eigenvalue weighted by Gasteiger charge is -2.34. The van der Waals surface area contributed by atoms with E-state index in [1.165, 1.54) is 4.90 Å². The number of carbonyl (C=O) groups is 2. The number of rotatable bonds is 12. The van der Waals surface area contributed by atoms with Gasteiger partial charge in [0.2, 0.25) is 21.8 Å². The topological polar surface area (TPSA) is 105 Å². The molecule has 0 saturated heterocycles. The molecule has 1 heterocycles. The third-order valence-corrected chi connectivity index (χ3v) is 8.38. The number of benzene rings is 3. The Morgan fingerprint density at radius 3 is 2.24 bits per heavy atom. The van der Waals surface area contributed by atoms with Crippen LogP contribution < -0.4 is 19.1 Å². The Hall–Kier alpha value is -3.57. The molecule has 224 valence electrons. The van der Waals surface area contributed by atoms with Crippen LogP contribution in [0.2, 0.25) is 0 Å². The van der Waals surface area contributed by atoms with Gasteiger partial charge in [0.05, 0.1) is 11.9 Å². The van der Waals surface area contributed by atoms with Crippen LogP contribution in [-0.2, 0) is 32.6 Å². The molecule has 1 unspecified atom stereocenters. The second-order valence-electron chi connectivity index (χ2n) is 10.6. The number of anilines is 1. The highest BCUT2D eigenvalue weighted by molar-refractivity contribution is 9.10. The van der Waals surface area contributed by atoms with Crippen LogP contribution in [0.5, 0.6) is 11.5 Å². The zero-order chi connectivity index (χ0) is 30.3. The molecule has 0 bridgehead atoms. The summed E-state index contributed by atoms with van der Waals surface area (Å²) in [5.41, 5.74) is 1.94. The summed E-state index contributed by atoms with van der Waals surface area (Å²) in [5.74, 6) is 0.299. The quantitative estimate of drug-likeness (QED) is 0.310. The second kappa shape index (κ2) is 14.1. The molecule has 1 aliphatic rings. The van der Waals surface area contributed by atoms with E-state index < -0.39 is 28.5 Å². The molecule has 3 aromatic carbocycles. The van der Waals surface area contributed by atoms with E-state index in [4.69, 9.17) is 9.47 Å². The van der Waals surface area contributed by atoms with Gasteiger partial charge in [0.15, 0.2) is 11.5 Å². The van der Waals surface area contributed by atoms with Gasteiger partial charge in [-0.2, -0.15) is 0 Å². The second-order valence-corrected chi connectivity index (χ2v) is 13.4. The van der Waals surface area contributed by atoms with Crippen LogP contribution in [-0.4, -0.2) is 63.7 Å². The van der Waals surface area contributed by atoms with Crippen molar-refractivity contribution in [3.63, 3.8) is 0 Å². The van der Waals surface area contributed by atoms with Crippen LogP contribution in [0.4, 0.5) is 5.69 Å². The molecule has 0 fully saturated rings. The van der Waals surface area contributed by atoms with E-state index in [1.54, 1.807) is 18.2 Å². The highest BCUT2D eigenvalue weighted by Crippen LogP contribution is 2.34. The number of sulfonamides is 1. The molecule has 1 aliphatic heterocycles. The van der Waals surface area contributed by atoms with Gasteiger partial charge in [0.1, 0.15) is 25.8 Å². The van der Waals surface area contributed by atoms with Gasteiger partial charge in [-0.3, -0.25) is 13.9 Å². The summed E-state index contributed by atoms with van der Waals surface area (Å²) >= 11 is 3.44. The number of amides is 2. The Bertz CT molecular complexity index is 1480. The molecular weight excluding hydrogens is 622 g/mol. The van der Waals surface area contributed by atoms with Gasteiger partial charge in [-0.25, -0.2) is 8.42 Å². The Labute approximate surface area is 256 Å². The molecule has 0 radical (unpaired) electrons. The smallest absolute Gasteiger partial charge is 0.244 e. The van der Waals surface area contributed by atoms with E-state index in [0.29, 0.717) is 31.3 Å². The van der Waals surface area contributed by atoms with Crippen molar-refractivity contribution >= 4 is 43.5 Å². The Morgan fingerprint density at radius 1 is 0.929 bits per heavy atom. The molecule has 0 aliphatic carbocycles. The number of nitrogens with one attached hydrogen (secondary N) is 1. The van der Waals surface area contributed by atoms with E-state index in [1.807, 2.05) is 68.4 Å². The Kier molecular flexibility index (Phi) is 10.5. The summed E-state index contributed by atoms with van der Waals surface area (Å²) in [6.07, 6.45) is 1.31. The van der Waals surface area contributed by atoms with Crippen LogP contribution in [0, 0.1) is 5.92 Å². The molecule has 1 N–H and O–H groups in total. The van der Waals surface area contributed by atoms with Crippen molar-refractivity contribution in [1.82, 2.24) is 10.2 Å². The molecule has 0 spiro atoms. The standard InChI is InChI=1S/C31H36BrN3O6S/c1-22(2)19-33-31(37)27(17-23-7-5-4-6-8-23)34(20-24-9-11-25(32)12-10-24)30(36)21-35(42(3,38)39)26-13-14-28-29(18-26)41-16-15-40-28/h4-14,18,22,27H,15-17,19-21H2,1-3H3,(H,33,37). The molecule has 2 amide bonds. The lowest BCUT2D eigenvalue weighted by atomic mass is 10.0. The first-order valence-electron chi connectivity index (χ1n) is 13.7. The van der Waals surface area contributed by atoms with Crippen molar-refractivity contribution < 1.29 is 27.5 Å². The van der Waals surface area contributed by atoms with Gasteiger partial charge in [0.25, 0.3) is 0 Å². The van der Waals surface area contributed by atoms with Gasteiger partial charge in [-0.05, 0) is 41.3 Å². The zero-order valence-electron chi connectivity index (χ0n) is 24.0. The fraction of sp³-hybridized carbons (Fsp3) is 0.355. The number of hydrogen-bond acceptors (Lipinski definition) is 6. The minimum Gasteiger partial charge on any atom is -0.486 e. The SMILES string of the molecule is CC(C)CNC(=O)C(Cc1ccccc1)N(Cc1ccc(Br)cc1)C(=O)CN(c1ccc2c(c1)OCCO2)S(C)(=O)=O. The van der Waals surface area contributed by atoms with Crippen LogP contribution >= 0.6 is 15.9 Å². The Morgan fingerprint density at radius 2 is 1.60 bits per heavy atom. The lowest BCUT2D eigenvalue weighted by molar-refractivity contribution is -0.140. The zero-order valence-corrected chi connectivity index (χ0v) is 26.4. The number of halogens is 1. The van der Waals surface area contributed by atoms with Crippen molar-refractivity contribution in [3.8, 4) is 11.5 Å². The third kappa shape index (κ3) is 8.48. The van der Waals surface area contributed by atoms with Gasteiger partial charge < -0.3 is 19.7 Å². The van der Waals surface area contributed by atoms with Crippen LogP contribution in [0.15, 0.2) is 77.3 Å². The van der Waals surface area contributed by atoms with Crippen molar-refractivity contribution in [2.45, 2.75) is 32.9 Å². The first kappa shape index (κ1) is 31.4. The van der Waals surface area contributed by atoms with Gasteiger partial charge in [0, 0.05) is 30.0 Å². The lowest BCUT2D eigenvalue weighted by Crippen LogP contribution is -2.53. The van der Waals surface area contributed by atoms with Crippen molar-refractivity contribution in [1.29, 1.82) is 0 Å². The van der Waals surface area contributed by atoms with Crippen LogP contribution in [0.3, 0.4) is 0 Å². The fourth-order valence-corrected chi connectivity index (χ4v) is 5.67. The third-order valence-electron chi connectivity index (χ3n) is 6.71. The average molecular weight is 659 g/mol. The molecule has 9 nitrogen and oxygen atoms in total. The van der Waals surface area contributed by atoms with Crippen LogP contribution in [0.25, 0.3) is 0 Å². The number of fused-ring (bicyclic) bond motifs is 1. The van der Waals surface area contributed by atoms with Gasteiger partial charge >= 0.3 is 0 Å². The minimum atomic E-state index is -3.90. The molecule has 1 atom stereocenters. The molecule has 3 aromatic rings. The number of ether oxygens (including phenoxy) is 2. The highest BCUT2D eigenvalue weighted by atomic mass is 79.9. The summed E-state index contributed by atoms with van der Waals surface area (Å²) in [4.78, 5) is 29.3. The summed E-state index contributed by atoms with van der Waals surface area (Å²) in [6.45, 7) is 4.77. The maximum atomic E-state index is 14.2. The number of hydrogen-bond donors (Lipinski definition) is 1. The summed E-state index contributed by atoms with van der Waals surface area (Å²) < 4.78 is 39.2. The number of carbonyl (C=O) groups excluding carboxylic acids is 2. The minimum absolute atomic E-state index is 0.109. The molecule has 11 heteroatoms. The molecular formula is C31H36BrN3O6S. The van der Waals surface area contributed by atoms with E-state index in [2.05, 4.69) is 21.2 Å². The molecule has 4 rings (SSSR count). The monoisotopic (exact) mass is 657 g/mol. The van der Waals surface area contributed by atoms with E-state index in [9.17, 15) is 18.0 Å². The average Bonchev–Trinajstić information content (AvgIpc) is 2.97. The van der Waals surface area contributed by atoms with Gasteiger partial charge in [-0.15, -0.1) is 0 Å². The predicted octanol–water partition coefficient (Wildman–Crippen LogP) is 4.40. The van der Waals surface area contributed by atoms with Crippen molar-refractivity contribution in [2.24, 2.45) is 5.92 Å². The summed E-state index contributed by atoms with van der Waals surface area (Å²) in [7, 11) is -3.90. The predicted molar refractivity (Wildman–Crippen MR) is 166 cm³/mol. The Balaban J connectivity index is 1.71. The number of nitrogens with zero attached hydrogens (tertiary/aromatic N) is 2. The van der Waals surface area contributed by atoms with E-state index in [-0.39, 0.29) is 30.5 Å². The van der Waals surface area contributed by atoms with Crippen molar-refractivity contribution in [2.75, 3.05) is 36.9 Å². The van der Waals surface area contributed by atoms with E-state index >= 15 is 0 Å². The summed E-state index contributed by atoms with van der Waals surface area (Å²) in [6, 6.07) is 20.8. The largest absolute Gasteiger partial charge is 0.486 e. The maximum absolute atomic E-state index is 14.2. The van der Waals surface area contributed by atoms with Gasteiger partial charge in [-0.1, -0.05) is 72.2 Å². The van der Waals surface area contributed by atoms with Crippen LogP contribution in [0.1, 0.15) is 25.0 Å². The first-order chi connectivity index (χ1) is 20.0. The normalized spacial score (nSPS) is 13.4. The fourth-order valence-electron chi connectivity index (χ4n) is 4.56. The molecule has 0 aromatic heterocycles. The first-order valence-corrected chi connectivity index (χ1v) is 16.4. The maximum Gasteiger partial charge on any atom is 0.244 e. The molecule has 0 saturated carbocycles. The summed E-state index contributed by atoms with van der Waals surface area (Å²) in [5, 5.41) is 2.98. The molecule has 42 heavy (non-hydrogen) atoms.